The SMILES string of the molecule is CN1CCC(OC(=O)Nc2cc(/C=C/COc3ccc(CCNC(=O)OC(C)(C)C)cc3)ccc2-c2ccccc2)CC1. The van der Waals surface area contributed by atoms with Crippen molar-refractivity contribution in [2.75, 3.05) is 38.6 Å². The Labute approximate surface area is 255 Å². The molecule has 0 atom stereocenters. The maximum atomic E-state index is 12.8. The van der Waals surface area contributed by atoms with E-state index in [4.69, 9.17) is 14.2 Å². The number of amides is 2. The summed E-state index contributed by atoms with van der Waals surface area (Å²) in [6, 6.07) is 23.8. The predicted octanol–water partition coefficient (Wildman–Crippen LogP) is 7.16. The molecule has 0 spiro atoms. The standard InChI is InChI=1S/C35H43N3O5/c1-35(2,3)43-33(39)36-21-18-26-12-15-29(16-13-26)41-24-8-9-27-14-17-31(28-10-6-5-7-11-28)32(25-27)37-34(40)42-30-19-22-38(4)23-20-30/h5-17,25,30H,18-24H2,1-4H3,(H,36,39)(H,37,40)/b9-8+. The highest BCUT2D eigenvalue weighted by Crippen LogP contribution is 2.30. The van der Waals surface area contributed by atoms with Crippen molar-refractivity contribution in [3.8, 4) is 16.9 Å². The molecule has 0 aromatic heterocycles. The first kappa shape index (κ1) is 31.6. The van der Waals surface area contributed by atoms with Crippen LogP contribution in [-0.4, -0.2) is 62.1 Å². The molecule has 3 aromatic rings. The molecule has 0 saturated carbocycles. The van der Waals surface area contributed by atoms with Crippen LogP contribution in [0, 0.1) is 0 Å². The summed E-state index contributed by atoms with van der Waals surface area (Å²) in [5.41, 5.74) is 4.15. The van der Waals surface area contributed by atoms with E-state index in [-0.39, 0.29) is 6.10 Å². The van der Waals surface area contributed by atoms with Gasteiger partial charge in [0, 0.05) is 25.2 Å². The Kier molecular flexibility index (Phi) is 11.2. The van der Waals surface area contributed by atoms with Gasteiger partial charge in [0.1, 0.15) is 24.1 Å². The van der Waals surface area contributed by atoms with Crippen molar-refractivity contribution in [2.45, 2.75) is 51.7 Å². The topological polar surface area (TPSA) is 89.1 Å². The first-order valence-corrected chi connectivity index (χ1v) is 14.9. The van der Waals surface area contributed by atoms with Gasteiger partial charge in [-0.1, -0.05) is 60.7 Å². The van der Waals surface area contributed by atoms with Crippen LogP contribution < -0.4 is 15.4 Å². The minimum atomic E-state index is -0.512. The number of rotatable bonds is 10. The molecule has 8 heteroatoms. The molecule has 3 aromatic carbocycles. The number of ether oxygens (including phenoxy) is 3. The minimum absolute atomic E-state index is 0.0698. The summed E-state index contributed by atoms with van der Waals surface area (Å²) < 4.78 is 16.9. The zero-order valence-electron chi connectivity index (χ0n) is 25.6. The Balaban J connectivity index is 1.31. The summed E-state index contributed by atoms with van der Waals surface area (Å²) in [6.45, 7) is 8.25. The van der Waals surface area contributed by atoms with E-state index in [1.807, 2.05) is 106 Å². The third-order valence-corrected chi connectivity index (χ3v) is 6.97. The van der Waals surface area contributed by atoms with Crippen molar-refractivity contribution in [1.29, 1.82) is 0 Å². The average molecular weight is 586 g/mol. The van der Waals surface area contributed by atoms with Crippen LogP contribution in [0.4, 0.5) is 15.3 Å². The van der Waals surface area contributed by atoms with Crippen molar-refractivity contribution < 1.29 is 23.8 Å². The molecule has 2 amide bonds. The van der Waals surface area contributed by atoms with Crippen LogP contribution in [0.2, 0.25) is 0 Å². The first-order valence-electron chi connectivity index (χ1n) is 14.9. The van der Waals surface area contributed by atoms with Gasteiger partial charge >= 0.3 is 12.2 Å². The van der Waals surface area contributed by atoms with Gasteiger partial charge in [-0.2, -0.15) is 0 Å². The number of piperidine rings is 1. The number of benzene rings is 3. The van der Waals surface area contributed by atoms with Crippen LogP contribution in [0.25, 0.3) is 17.2 Å². The maximum absolute atomic E-state index is 12.8. The lowest BCUT2D eigenvalue weighted by molar-refractivity contribution is 0.0528. The van der Waals surface area contributed by atoms with Gasteiger partial charge in [-0.25, -0.2) is 9.59 Å². The van der Waals surface area contributed by atoms with Crippen LogP contribution in [0.3, 0.4) is 0 Å². The molecule has 4 rings (SSSR count). The Morgan fingerprint density at radius 1 is 0.953 bits per heavy atom. The molecule has 8 nitrogen and oxygen atoms in total. The van der Waals surface area contributed by atoms with Gasteiger partial charge in [0.25, 0.3) is 0 Å². The van der Waals surface area contributed by atoms with Gasteiger partial charge in [-0.05, 0) is 88.0 Å². The molecule has 1 heterocycles. The summed E-state index contributed by atoms with van der Waals surface area (Å²) in [5, 5.41) is 5.76. The largest absolute Gasteiger partial charge is 0.490 e. The number of nitrogens with one attached hydrogen (secondary N) is 2. The Hall–Kier alpha value is -4.30. The third kappa shape index (κ3) is 10.8. The van der Waals surface area contributed by atoms with Gasteiger partial charge in [0.15, 0.2) is 0 Å². The number of nitrogens with zero attached hydrogens (tertiary/aromatic N) is 1. The van der Waals surface area contributed by atoms with E-state index in [2.05, 4.69) is 22.6 Å². The number of hydrogen-bond donors (Lipinski definition) is 2. The smallest absolute Gasteiger partial charge is 0.411 e. The average Bonchev–Trinajstić information content (AvgIpc) is 2.97. The van der Waals surface area contributed by atoms with Crippen molar-refractivity contribution in [2.24, 2.45) is 0 Å². The van der Waals surface area contributed by atoms with Crippen LogP contribution in [-0.2, 0) is 15.9 Å². The molecule has 2 N–H and O–H groups in total. The highest BCUT2D eigenvalue weighted by Gasteiger charge is 2.21. The molecular formula is C35H43N3O5. The fourth-order valence-corrected chi connectivity index (χ4v) is 4.74. The molecule has 1 fully saturated rings. The van der Waals surface area contributed by atoms with Crippen LogP contribution in [0.1, 0.15) is 44.7 Å². The monoisotopic (exact) mass is 585 g/mol. The van der Waals surface area contributed by atoms with Crippen molar-refractivity contribution in [3.63, 3.8) is 0 Å². The second kappa shape index (κ2) is 15.3. The van der Waals surface area contributed by atoms with E-state index in [0.29, 0.717) is 25.3 Å². The van der Waals surface area contributed by atoms with E-state index in [9.17, 15) is 9.59 Å². The summed E-state index contributed by atoms with van der Waals surface area (Å²) >= 11 is 0. The zero-order valence-corrected chi connectivity index (χ0v) is 25.6. The molecule has 0 unspecified atom stereocenters. The van der Waals surface area contributed by atoms with Crippen LogP contribution >= 0.6 is 0 Å². The third-order valence-electron chi connectivity index (χ3n) is 6.97. The van der Waals surface area contributed by atoms with Crippen molar-refractivity contribution in [3.05, 3.63) is 90.0 Å². The molecule has 1 saturated heterocycles. The van der Waals surface area contributed by atoms with E-state index < -0.39 is 17.8 Å². The summed E-state index contributed by atoms with van der Waals surface area (Å²) in [5.74, 6) is 0.756. The second-order valence-corrected chi connectivity index (χ2v) is 11.7. The predicted molar refractivity (Wildman–Crippen MR) is 171 cm³/mol. The summed E-state index contributed by atoms with van der Waals surface area (Å²) in [6.07, 6.45) is 5.37. The van der Waals surface area contributed by atoms with E-state index in [1.165, 1.54) is 0 Å². The lowest BCUT2D eigenvalue weighted by atomic mass is 10.0. The maximum Gasteiger partial charge on any atom is 0.411 e. The zero-order chi connectivity index (χ0) is 30.7. The number of carbonyl (C=O) groups excluding carboxylic acids is 2. The van der Waals surface area contributed by atoms with Gasteiger partial charge in [0.05, 0.1) is 5.69 Å². The fraction of sp³-hybridized carbons (Fsp3) is 0.371. The number of hydrogen-bond acceptors (Lipinski definition) is 6. The van der Waals surface area contributed by atoms with Gasteiger partial charge in [-0.15, -0.1) is 0 Å². The number of anilines is 1. The molecule has 0 radical (unpaired) electrons. The highest BCUT2D eigenvalue weighted by molar-refractivity contribution is 5.92. The van der Waals surface area contributed by atoms with Gasteiger partial charge < -0.3 is 24.4 Å². The Morgan fingerprint density at radius 2 is 1.67 bits per heavy atom. The number of likely N-dealkylation sites (tertiary alicyclic amines) is 1. The molecule has 1 aliphatic rings. The molecule has 1 aliphatic heterocycles. The van der Waals surface area contributed by atoms with E-state index in [0.717, 1.165) is 53.9 Å². The molecule has 0 aliphatic carbocycles. The number of alkyl carbamates (subject to hydrolysis) is 1. The van der Waals surface area contributed by atoms with Gasteiger partial charge in [-0.3, -0.25) is 5.32 Å². The van der Waals surface area contributed by atoms with Crippen LogP contribution in [0.15, 0.2) is 78.9 Å². The van der Waals surface area contributed by atoms with Crippen molar-refractivity contribution in [1.82, 2.24) is 10.2 Å². The Bertz CT molecular complexity index is 1360. The quantitative estimate of drug-likeness (QED) is 0.263. The molecule has 0 bridgehead atoms. The lowest BCUT2D eigenvalue weighted by Gasteiger charge is -2.28. The summed E-state index contributed by atoms with van der Waals surface area (Å²) in [4.78, 5) is 26.9. The first-order chi connectivity index (χ1) is 20.6. The highest BCUT2D eigenvalue weighted by atomic mass is 16.6. The number of carbonyl (C=O) groups is 2. The van der Waals surface area contributed by atoms with E-state index in [1.54, 1.807) is 0 Å². The normalized spacial score (nSPS) is 14.3. The van der Waals surface area contributed by atoms with Gasteiger partial charge in [0.2, 0.25) is 0 Å². The minimum Gasteiger partial charge on any atom is -0.490 e. The molecular weight excluding hydrogens is 542 g/mol. The van der Waals surface area contributed by atoms with E-state index >= 15 is 0 Å². The molecule has 43 heavy (non-hydrogen) atoms. The fourth-order valence-electron chi connectivity index (χ4n) is 4.74. The second-order valence-electron chi connectivity index (χ2n) is 11.7. The van der Waals surface area contributed by atoms with Crippen LogP contribution in [0.5, 0.6) is 5.75 Å². The molecule has 228 valence electrons. The lowest BCUT2D eigenvalue weighted by Crippen LogP contribution is -2.36. The summed E-state index contributed by atoms with van der Waals surface area (Å²) in [7, 11) is 2.08. The van der Waals surface area contributed by atoms with Crippen molar-refractivity contribution >= 4 is 23.9 Å². The Morgan fingerprint density at radius 3 is 2.37 bits per heavy atom.